The van der Waals surface area contributed by atoms with Gasteiger partial charge in [0.05, 0.1) is 0 Å². The summed E-state index contributed by atoms with van der Waals surface area (Å²) in [5.41, 5.74) is 1.97. The number of hydrogen-bond acceptors (Lipinski definition) is 3. The summed E-state index contributed by atoms with van der Waals surface area (Å²) in [6.45, 7) is 0.803. The maximum Gasteiger partial charge on any atom is 0.410 e. The molecule has 0 aromatic heterocycles. The Bertz CT molecular complexity index is 621. The maximum atomic E-state index is 12.3. The zero-order valence-corrected chi connectivity index (χ0v) is 12.3. The second kappa shape index (κ2) is 6.52. The first-order chi connectivity index (χ1) is 10.7. The molecular formula is C18H19NO3. The highest BCUT2D eigenvalue weighted by Crippen LogP contribution is 2.29. The van der Waals surface area contributed by atoms with Gasteiger partial charge in [-0.1, -0.05) is 42.5 Å². The third kappa shape index (κ3) is 3.79. The van der Waals surface area contributed by atoms with E-state index in [1.54, 1.807) is 17.0 Å². The lowest BCUT2D eigenvalue weighted by Crippen LogP contribution is -2.33. The van der Waals surface area contributed by atoms with Crippen LogP contribution in [-0.2, 0) is 17.9 Å². The minimum absolute atomic E-state index is 0.230. The number of aromatic hydroxyl groups is 1. The number of phenols is 1. The van der Waals surface area contributed by atoms with Gasteiger partial charge in [-0.05, 0) is 36.1 Å². The minimum atomic E-state index is -0.278. The number of rotatable bonds is 5. The first kappa shape index (κ1) is 14.4. The summed E-state index contributed by atoms with van der Waals surface area (Å²) in [6, 6.07) is 16.9. The van der Waals surface area contributed by atoms with Crippen LogP contribution in [0.15, 0.2) is 54.6 Å². The topological polar surface area (TPSA) is 49.8 Å². The van der Waals surface area contributed by atoms with Crippen molar-refractivity contribution in [1.29, 1.82) is 0 Å². The third-order valence-corrected chi connectivity index (χ3v) is 3.72. The molecule has 114 valence electrons. The van der Waals surface area contributed by atoms with Crippen LogP contribution >= 0.6 is 0 Å². The van der Waals surface area contributed by atoms with Crippen molar-refractivity contribution in [2.24, 2.45) is 0 Å². The predicted octanol–water partition coefficient (Wildman–Crippen LogP) is 3.69. The van der Waals surface area contributed by atoms with Crippen LogP contribution in [-0.4, -0.2) is 22.1 Å². The van der Waals surface area contributed by atoms with Crippen LogP contribution in [0.1, 0.15) is 24.0 Å². The van der Waals surface area contributed by atoms with Crippen LogP contribution in [0.4, 0.5) is 4.79 Å². The number of carbonyl (C=O) groups excluding carboxylic acids is 1. The maximum absolute atomic E-state index is 12.3. The van der Waals surface area contributed by atoms with E-state index >= 15 is 0 Å². The monoisotopic (exact) mass is 297 g/mol. The second-order valence-corrected chi connectivity index (χ2v) is 5.57. The second-order valence-electron chi connectivity index (χ2n) is 5.57. The average Bonchev–Trinajstić information content (AvgIpc) is 3.38. The Balaban J connectivity index is 1.61. The van der Waals surface area contributed by atoms with Gasteiger partial charge in [0.25, 0.3) is 0 Å². The van der Waals surface area contributed by atoms with Gasteiger partial charge in [0.1, 0.15) is 12.4 Å². The molecule has 4 heteroatoms. The average molecular weight is 297 g/mol. The fourth-order valence-electron chi connectivity index (χ4n) is 2.33. The van der Waals surface area contributed by atoms with Crippen molar-refractivity contribution >= 4 is 6.09 Å². The van der Waals surface area contributed by atoms with E-state index in [-0.39, 0.29) is 17.9 Å². The molecule has 1 aliphatic carbocycles. The van der Waals surface area contributed by atoms with Crippen LogP contribution < -0.4 is 0 Å². The van der Waals surface area contributed by atoms with Gasteiger partial charge in [-0.3, -0.25) is 0 Å². The molecule has 0 spiro atoms. The largest absolute Gasteiger partial charge is 0.508 e. The molecule has 2 aromatic carbocycles. The Morgan fingerprint density at radius 1 is 1.05 bits per heavy atom. The van der Waals surface area contributed by atoms with E-state index in [0.717, 1.165) is 24.0 Å². The molecule has 0 saturated heterocycles. The van der Waals surface area contributed by atoms with Crippen molar-refractivity contribution in [2.75, 3.05) is 0 Å². The van der Waals surface area contributed by atoms with Gasteiger partial charge in [0.15, 0.2) is 0 Å². The number of benzene rings is 2. The Labute approximate surface area is 130 Å². The Morgan fingerprint density at radius 3 is 2.36 bits per heavy atom. The van der Waals surface area contributed by atoms with Crippen molar-refractivity contribution < 1.29 is 14.6 Å². The van der Waals surface area contributed by atoms with Crippen LogP contribution in [0, 0.1) is 0 Å². The molecule has 1 aliphatic rings. The summed E-state index contributed by atoms with van der Waals surface area (Å²) in [4.78, 5) is 14.1. The van der Waals surface area contributed by atoms with E-state index in [4.69, 9.17) is 4.74 Å². The fourth-order valence-corrected chi connectivity index (χ4v) is 2.33. The quantitative estimate of drug-likeness (QED) is 0.915. The summed E-state index contributed by atoms with van der Waals surface area (Å²) >= 11 is 0. The number of phenolic OH excluding ortho intramolecular Hbond substituents is 1. The Kier molecular flexibility index (Phi) is 4.28. The third-order valence-electron chi connectivity index (χ3n) is 3.72. The Hall–Kier alpha value is -2.49. The summed E-state index contributed by atoms with van der Waals surface area (Å²) in [5, 5.41) is 9.33. The summed E-state index contributed by atoms with van der Waals surface area (Å²) in [7, 11) is 0. The molecule has 2 aromatic rings. The molecule has 0 radical (unpaired) electrons. The zero-order chi connectivity index (χ0) is 15.4. The molecule has 22 heavy (non-hydrogen) atoms. The molecule has 1 amide bonds. The molecule has 0 atom stereocenters. The van der Waals surface area contributed by atoms with E-state index in [2.05, 4.69) is 0 Å². The molecule has 1 N–H and O–H groups in total. The van der Waals surface area contributed by atoms with Crippen LogP contribution in [0.25, 0.3) is 0 Å². The highest BCUT2D eigenvalue weighted by atomic mass is 16.6. The summed E-state index contributed by atoms with van der Waals surface area (Å²) in [5.74, 6) is 0.230. The molecule has 0 bridgehead atoms. The number of amides is 1. The Morgan fingerprint density at radius 2 is 1.73 bits per heavy atom. The number of hydrogen-bond donors (Lipinski definition) is 1. The SMILES string of the molecule is O=C(OCc1ccccc1)N(Cc1ccc(O)cc1)C1CC1. The lowest BCUT2D eigenvalue weighted by Gasteiger charge is -2.22. The fraction of sp³-hybridized carbons (Fsp3) is 0.278. The van der Waals surface area contributed by atoms with E-state index in [1.165, 1.54) is 0 Å². The van der Waals surface area contributed by atoms with Crippen LogP contribution in [0.3, 0.4) is 0 Å². The highest BCUT2D eigenvalue weighted by molar-refractivity contribution is 5.68. The van der Waals surface area contributed by atoms with E-state index < -0.39 is 0 Å². The van der Waals surface area contributed by atoms with Crippen LogP contribution in [0.2, 0.25) is 0 Å². The summed E-state index contributed by atoms with van der Waals surface area (Å²) < 4.78 is 5.43. The van der Waals surface area contributed by atoms with Gasteiger partial charge < -0.3 is 14.7 Å². The lowest BCUT2D eigenvalue weighted by molar-refractivity contribution is 0.0909. The predicted molar refractivity (Wildman–Crippen MR) is 83.3 cm³/mol. The van der Waals surface area contributed by atoms with Gasteiger partial charge in [-0.25, -0.2) is 4.79 Å². The van der Waals surface area contributed by atoms with E-state index in [0.29, 0.717) is 13.2 Å². The van der Waals surface area contributed by atoms with Crippen molar-refractivity contribution in [3.63, 3.8) is 0 Å². The van der Waals surface area contributed by atoms with Crippen LogP contribution in [0.5, 0.6) is 5.75 Å². The molecule has 0 heterocycles. The van der Waals surface area contributed by atoms with E-state index in [1.807, 2.05) is 42.5 Å². The van der Waals surface area contributed by atoms with Crippen molar-refractivity contribution in [2.45, 2.75) is 32.0 Å². The molecule has 3 rings (SSSR count). The molecule has 0 unspecified atom stereocenters. The van der Waals surface area contributed by atoms with Gasteiger partial charge >= 0.3 is 6.09 Å². The van der Waals surface area contributed by atoms with E-state index in [9.17, 15) is 9.90 Å². The van der Waals surface area contributed by atoms with Crippen molar-refractivity contribution in [3.8, 4) is 5.75 Å². The lowest BCUT2D eigenvalue weighted by atomic mass is 10.2. The van der Waals surface area contributed by atoms with Gasteiger partial charge in [0.2, 0.25) is 0 Å². The normalized spacial score (nSPS) is 13.6. The number of nitrogens with zero attached hydrogens (tertiary/aromatic N) is 1. The smallest absolute Gasteiger partial charge is 0.410 e. The highest BCUT2D eigenvalue weighted by Gasteiger charge is 2.33. The molecule has 4 nitrogen and oxygen atoms in total. The molecule has 1 saturated carbocycles. The molecule has 0 aliphatic heterocycles. The van der Waals surface area contributed by atoms with Crippen molar-refractivity contribution in [3.05, 3.63) is 65.7 Å². The first-order valence-corrected chi connectivity index (χ1v) is 7.47. The molecular weight excluding hydrogens is 278 g/mol. The van der Waals surface area contributed by atoms with Crippen molar-refractivity contribution in [1.82, 2.24) is 4.90 Å². The minimum Gasteiger partial charge on any atom is -0.508 e. The summed E-state index contributed by atoms with van der Waals surface area (Å²) in [6.07, 6.45) is 1.77. The van der Waals surface area contributed by atoms with Gasteiger partial charge in [-0.15, -0.1) is 0 Å². The number of carbonyl (C=O) groups is 1. The van der Waals surface area contributed by atoms with Gasteiger partial charge in [-0.2, -0.15) is 0 Å². The standard InChI is InChI=1S/C18H19NO3/c20-17-10-6-14(7-11-17)12-19(16-8-9-16)18(21)22-13-15-4-2-1-3-5-15/h1-7,10-11,16,20H,8-9,12-13H2. The molecule has 1 fully saturated rings. The van der Waals surface area contributed by atoms with Gasteiger partial charge in [0, 0.05) is 12.6 Å². The zero-order valence-electron chi connectivity index (χ0n) is 12.3. The first-order valence-electron chi connectivity index (χ1n) is 7.47. The number of ether oxygens (including phenoxy) is 1.